The number of rotatable bonds is 3. The van der Waals surface area contributed by atoms with E-state index in [4.69, 9.17) is 30.8 Å². The Morgan fingerprint density at radius 2 is 2.06 bits per heavy atom. The second-order valence-corrected chi connectivity index (χ2v) is 10.7. The number of carbonyl (C=O) groups is 2. The van der Waals surface area contributed by atoms with Gasteiger partial charge in [0.2, 0.25) is 0 Å². The van der Waals surface area contributed by atoms with Gasteiger partial charge in [0, 0.05) is 37.2 Å². The zero-order chi connectivity index (χ0) is 24.5. The van der Waals surface area contributed by atoms with E-state index < -0.39 is 5.60 Å². The van der Waals surface area contributed by atoms with Crippen molar-refractivity contribution in [2.75, 3.05) is 52.5 Å². The van der Waals surface area contributed by atoms with Crippen LogP contribution in [0.25, 0.3) is 0 Å². The van der Waals surface area contributed by atoms with Crippen LogP contribution in [0.4, 0.5) is 10.5 Å². The molecule has 34 heavy (non-hydrogen) atoms. The molecule has 0 unspecified atom stereocenters. The van der Waals surface area contributed by atoms with Gasteiger partial charge in [-0.1, -0.05) is 11.6 Å². The number of Topliss-reactive ketones (excluding diaryl/α,β-unsaturated/α-hetero) is 1. The predicted octanol–water partition coefficient (Wildman–Crippen LogP) is 3.64. The Kier molecular flexibility index (Phi) is 7.71. The molecule has 2 fully saturated rings. The van der Waals surface area contributed by atoms with Crippen LogP contribution in [0.2, 0.25) is 5.02 Å². The third-order valence-corrected chi connectivity index (χ3v) is 6.94. The summed E-state index contributed by atoms with van der Waals surface area (Å²) in [6.07, 6.45) is -0.160. The van der Waals surface area contributed by atoms with E-state index in [-0.39, 0.29) is 30.9 Å². The number of hydrogen-bond acceptors (Lipinski definition) is 8. The minimum Gasteiger partial charge on any atom is -0.489 e. The van der Waals surface area contributed by atoms with Gasteiger partial charge in [-0.2, -0.15) is 0 Å². The van der Waals surface area contributed by atoms with E-state index in [9.17, 15) is 9.59 Å². The molecule has 0 saturated carbocycles. The van der Waals surface area contributed by atoms with Gasteiger partial charge in [0.25, 0.3) is 0 Å². The summed E-state index contributed by atoms with van der Waals surface area (Å²) in [5.41, 5.74) is 0.374. The summed E-state index contributed by atoms with van der Waals surface area (Å²) in [5, 5.41) is 3.68. The molecule has 1 amide bonds. The number of piperazine rings is 1. The number of amidine groups is 1. The number of halogens is 2. The van der Waals surface area contributed by atoms with Crippen molar-refractivity contribution in [1.82, 2.24) is 15.1 Å². The molecule has 0 spiro atoms. The molecule has 11 heteroatoms. The van der Waals surface area contributed by atoms with Gasteiger partial charge in [-0.3, -0.25) is 4.79 Å². The number of ketones is 1. The highest BCUT2D eigenvalue weighted by atomic mass is 79.9. The lowest BCUT2D eigenvalue weighted by Crippen LogP contribution is -2.55. The first-order chi connectivity index (χ1) is 16.1. The Hall–Kier alpha value is -1.88. The lowest BCUT2D eigenvalue weighted by molar-refractivity contribution is 0.0178. The topological polar surface area (TPSA) is 92.7 Å². The number of carbonyl (C=O) groups excluding carboxylic acids is 2. The van der Waals surface area contributed by atoms with Crippen molar-refractivity contribution >= 4 is 50.9 Å². The standard InChI is InChI=1S/C23H30BrClN4O5/c1-23(2,3)34-22(31)29-5-4-26-14(12-29)13-33-21-19-16(10-15(24)20(21)25)27-18(11-17(19)30)28-6-8-32-9-7-28/h10,14,26H,4-9,11-13H2,1-3H3/t14-/m0/s1. The fourth-order valence-electron chi connectivity index (χ4n) is 4.11. The number of nitrogens with zero attached hydrogens (tertiary/aromatic N) is 3. The van der Waals surface area contributed by atoms with Crippen LogP contribution in [0.1, 0.15) is 37.6 Å². The van der Waals surface area contributed by atoms with E-state index in [1.54, 1.807) is 11.0 Å². The minimum atomic E-state index is -0.558. The number of amides is 1. The summed E-state index contributed by atoms with van der Waals surface area (Å²) in [7, 11) is 0. The van der Waals surface area contributed by atoms with Gasteiger partial charge < -0.3 is 29.3 Å². The van der Waals surface area contributed by atoms with Crippen molar-refractivity contribution in [2.45, 2.75) is 38.8 Å². The largest absolute Gasteiger partial charge is 0.489 e. The number of aliphatic imine (C=N–C) groups is 1. The van der Waals surface area contributed by atoms with Gasteiger partial charge in [-0.05, 0) is 42.8 Å². The highest BCUT2D eigenvalue weighted by Crippen LogP contribution is 2.44. The molecule has 3 aliphatic heterocycles. The molecule has 1 atom stereocenters. The lowest BCUT2D eigenvalue weighted by atomic mass is 10.0. The van der Waals surface area contributed by atoms with Crippen LogP contribution in [-0.4, -0.2) is 91.7 Å². The average molecular weight is 558 g/mol. The number of fused-ring (bicyclic) bond motifs is 1. The second-order valence-electron chi connectivity index (χ2n) is 9.51. The average Bonchev–Trinajstić information content (AvgIpc) is 2.79. The summed E-state index contributed by atoms with van der Waals surface area (Å²) < 4.78 is 17.6. The van der Waals surface area contributed by atoms with E-state index >= 15 is 0 Å². The molecule has 2 saturated heterocycles. The first kappa shape index (κ1) is 25.2. The predicted molar refractivity (Wildman–Crippen MR) is 133 cm³/mol. The molecule has 0 aliphatic carbocycles. The van der Waals surface area contributed by atoms with E-state index in [0.29, 0.717) is 72.4 Å². The Labute approximate surface area is 212 Å². The van der Waals surface area contributed by atoms with Crippen LogP contribution in [0.5, 0.6) is 5.75 Å². The maximum Gasteiger partial charge on any atom is 0.410 e. The summed E-state index contributed by atoms with van der Waals surface area (Å²) in [6.45, 7) is 10.0. The quantitative estimate of drug-likeness (QED) is 0.607. The van der Waals surface area contributed by atoms with Crippen LogP contribution in [-0.2, 0) is 9.47 Å². The van der Waals surface area contributed by atoms with Crippen molar-refractivity contribution in [3.63, 3.8) is 0 Å². The van der Waals surface area contributed by atoms with Crippen LogP contribution >= 0.6 is 27.5 Å². The van der Waals surface area contributed by atoms with Gasteiger partial charge in [0.15, 0.2) is 11.5 Å². The van der Waals surface area contributed by atoms with Crippen molar-refractivity contribution in [3.8, 4) is 5.75 Å². The maximum atomic E-state index is 13.2. The molecular weight excluding hydrogens is 528 g/mol. The Balaban J connectivity index is 1.50. The monoisotopic (exact) mass is 556 g/mol. The van der Waals surface area contributed by atoms with Gasteiger partial charge in [0.1, 0.15) is 18.0 Å². The zero-order valence-corrected chi connectivity index (χ0v) is 22.0. The number of benzene rings is 1. The molecule has 1 N–H and O–H groups in total. The van der Waals surface area contributed by atoms with Crippen molar-refractivity contribution in [3.05, 3.63) is 21.1 Å². The van der Waals surface area contributed by atoms with Crippen molar-refractivity contribution in [1.29, 1.82) is 0 Å². The molecule has 9 nitrogen and oxygen atoms in total. The number of hydrogen-bond donors (Lipinski definition) is 1. The number of ether oxygens (including phenoxy) is 3. The van der Waals surface area contributed by atoms with Crippen LogP contribution in [0, 0.1) is 0 Å². The Bertz CT molecular complexity index is 991. The number of morpholine rings is 1. The van der Waals surface area contributed by atoms with Crippen molar-refractivity contribution < 1.29 is 23.8 Å². The van der Waals surface area contributed by atoms with Crippen LogP contribution in [0.15, 0.2) is 15.5 Å². The summed E-state index contributed by atoms with van der Waals surface area (Å²) in [6, 6.07) is 1.61. The highest BCUT2D eigenvalue weighted by Gasteiger charge is 2.32. The fraction of sp³-hybridized carbons (Fsp3) is 0.609. The van der Waals surface area contributed by atoms with E-state index in [1.807, 2.05) is 20.8 Å². The molecular formula is C23H30BrClN4O5. The van der Waals surface area contributed by atoms with Gasteiger partial charge >= 0.3 is 6.09 Å². The van der Waals surface area contributed by atoms with Gasteiger partial charge in [0.05, 0.1) is 41.9 Å². The van der Waals surface area contributed by atoms with Gasteiger partial charge in [-0.25, -0.2) is 9.79 Å². The number of nitrogens with one attached hydrogen (secondary N) is 1. The fourth-order valence-corrected chi connectivity index (χ4v) is 4.71. The van der Waals surface area contributed by atoms with Crippen molar-refractivity contribution in [2.24, 2.45) is 4.99 Å². The first-order valence-electron chi connectivity index (χ1n) is 11.4. The Morgan fingerprint density at radius 1 is 1.32 bits per heavy atom. The summed E-state index contributed by atoms with van der Waals surface area (Å²) in [5.74, 6) is 0.975. The SMILES string of the molecule is CC(C)(C)OC(=O)N1CCN[C@H](COc2c(Cl)c(Br)cc3c2C(=O)CC(N2CCOCC2)=N3)C1. The van der Waals surface area contributed by atoms with E-state index in [0.717, 1.165) is 5.84 Å². The molecule has 3 heterocycles. The molecule has 1 aromatic rings. The molecule has 3 aliphatic rings. The summed E-state index contributed by atoms with van der Waals surface area (Å²) in [4.78, 5) is 34.1. The highest BCUT2D eigenvalue weighted by molar-refractivity contribution is 9.10. The first-order valence-corrected chi connectivity index (χ1v) is 12.6. The molecule has 1 aromatic carbocycles. The van der Waals surface area contributed by atoms with Crippen LogP contribution in [0.3, 0.4) is 0 Å². The summed E-state index contributed by atoms with van der Waals surface area (Å²) >= 11 is 10.0. The molecule has 0 aromatic heterocycles. The molecule has 4 rings (SSSR count). The van der Waals surface area contributed by atoms with Crippen LogP contribution < -0.4 is 10.1 Å². The van der Waals surface area contributed by atoms with Gasteiger partial charge in [-0.15, -0.1) is 0 Å². The molecule has 0 bridgehead atoms. The third-order valence-electron chi connectivity index (χ3n) is 5.71. The lowest BCUT2D eigenvalue weighted by Gasteiger charge is -2.35. The minimum absolute atomic E-state index is 0.0807. The Morgan fingerprint density at radius 3 is 2.76 bits per heavy atom. The van der Waals surface area contributed by atoms with E-state index in [1.165, 1.54) is 0 Å². The maximum absolute atomic E-state index is 13.2. The molecule has 0 radical (unpaired) electrons. The smallest absolute Gasteiger partial charge is 0.410 e. The van der Waals surface area contributed by atoms with E-state index in [2.05, 4.69) is 26.1 Å². The zero-order valence-electron chi connectivity index (χ0n) is 19.7. The normalized spacial score (nSPS) is 21.1. The molecule has 186 valence electrons. The second kappa shape index (κ2) is 10.4. The third kappa shape index (κ3) is 5.84.